The van der Waals surface area contributed by atoms with Gasteiger partial charge in [0.15, 0.2) is 0 Å². The highest BCUT2D eigenvalue weighted by Gasteiger charge is 1.98. The van der Waals surface area contributed by atoms with Crippen LogP contribution in [-0.4, -0.2) is 6.54 Å². The predicted octanol–water partition coefficient (Wildman–Crippen LogP) is 3.59. The zero-order valence-corrected chi connectivity index (χ0v) is 9.64. The Labute approximate surface area is 95.1 Å². The summed E-state index contributed by atoms with van der Waals surface area (Å²) in [7, 11) is 0. The summed E-state index contributed by atoms with van der Waals surface area (Å²) in [6, 6.07) is 4.61. The van der Waals surface area contributed by atoms with Crippen LogP contribution in [0.3, 0.4) is 0 Å². The van der Waals surface area contributed by atoms with Crippen molar-refractivity contribution in [3.8, 4) is 0 Å². The van der Waals surface area contributed by atoms with Gasteiger partial charge in [0.2, 0.25) is 0 Å². The minimum atomic E-state index is -0.220. The molecule has 0 radical (unpaired) electrons. The molecule has 1 N–H and O–H groups in total. The van der Waals surface area contributed by atoms with Gasteiger partial charge in [0, 0.05) is 21.3 Å². The molecule has 0 bridgehead atoms. The molecule has 0 unspecified atom stereocenters. The molecule has 0 aliphatic heterocycles. The minimum absolute atomic E-state index is 0.220. The van der Waals surface area contributed by atoms with Crippen molar-refractivity contribution in [3.05, 3.63) is 39.2 Å². The van der Waals surface area contributed by atoms with Gasteiger partial charge in [0.1, 0.15) is 5.82 Å². The van der Waals surface area contributed by atoms with E-state index in [0.717, 1.165) is 9.26 Å². The third-order valence-corrected chi connectivity index (χ3v) is 2.50. The van der Waals surface area contributed by atoms with Crippen molar-refractivity contribution in [1.29, 1.82) is 0 Å². The Morgan fingerprint density at radius 3 is 2.92 bits per heavy atom. The second-order valence-corrected chi connectivity index (χ2v) is 3.78. The van der Waals surface area contributed by atoms with Crippen molar-refractivity contribution >= 4 is 39.9 Å². The number of hydrogen-bond donors (Lipinski definition) is 1. The lowest BCUT2D eigenvalue weighted by atomic mass is 10.3. The highest BCUT2D eigenvalue weighted by molar-refractivity contribution is 14.1. The van der Waals surface area contributed by atoms with Crippen molar-refractivity contribution in [3.63, 3.8) is 0 Å². The Morgan fingerprint density at radius 2 is 2.31 bits per heavy atom. The number of rotatable bonds is 3. The highest BCUT2D eigenvalue weighted by Crippen LogP contribution is 2.18. The number of anilines is 1. The smallest absolute Gasteiger partial charge is 0.124 e. The van der Waals surface area contributed by atoms with Crippen molar-refractivity contribution in [2.24, 2.45) is 0 Å². The third-order valence-electron chi connectivity index (χ3n) is 1.43. The molecule has 1 aromatic rings. The maximum absolute atomic E-state index is 12.7. The van der Waals surface area contributed by atoms with Crippen molar-refractivity contribution in [1.82, 2.24) is 0 Å². The molecule has 0 amide bonds. The molecule has 0 saturated heterocycles. The van der Waals surface area contributed by atoms with Crippen LogP contribution >= 0.6 is 34.2 Å². The molecule has 13 heavy (non-hydrogen) atoms. The standard InChI is InChI=1S/C9H8ClFIN/c10-4-1-5-13-9-3-2-7(11)6-8(9)12/h1-4,6,13H,5H2/b4-1+. The van der Waals surface area contributed by atoms with E-state index in [1.165, 1.54) is 17.7 Å². The first-order valence-corrected chi connectivity index (χ1v) is 5.19. The van der Waals surface area contributed by atoms with Gasteiger partial charge in [-0.2, -0.15) is 0 Å². The second-order valence-electron chi connectivity index (χ2n) is 2.37. The lowest BCUT2D eigenvalue weighted by Gasteiger charge is -2.05. The van der Waals surface area contributed by atoms with Gasteiger partial charge in [-0.25, -0.2) is 4.39 Å². The van der Waals surface area contributed by atoms with E-state index in [-0.39, 0.29) is 5.82 Å². The van der Waals surface area contributed by atoms with Gasteiger partial charge in [-0.3, -0.25) is 0 Å². The van der Waals surface area contributed by atoms with Crippen LogP contribution in [0.2, 0.25) is 0 Å². The minimum Gasteiger partial charge on any atom is -0.381 e. The van der Waals surface area contributed by atoms with Gasteiger partial charge in [-0.05, 0) is 40.8 Å². The van der Waals surface area contributed by atoms with E-state index < -0.39 is 0 Å². The lowest BCUT2D eigenvalue weighted by molar-refractivity contribution is 0.627. The first-order chi connectivity index (χ1) is 6.24. The molecule has 0 aliphatic rings. The van der Waals surface area contributed by atoms with Crippen molar-refractivity contribution in [2.75, 3.05) is 11.9 Å². The van der Waals surface area contributed by atoms with Gasteiger partial charge in [-0.15, -0.1) is 0 Å². The average molecular weight is 312 g/mol. The molecule has 1 nitrogen and oxygen atoms in total. The summed E-state index contributed by atoms with van der Waals surface area (Å²) in [6.07, 6.45) is 1.78. The highest BCUT2D eigenvalue weighted by atomic mass is 127. The zero-order valence-electron chi connectivity index (χ0n) is 6.73. The maximum atomic E-state index is 12.7. The SMILES string of the molecule is Fc1ccc(NC/C=C/Cl)c(I)c1. The van der Waals surface area contributed by atoms with Crippen LogP contribution in [0.4, 0.5) is 10.1 Å². The molecule has 0 heterocycles. The fourth-order valence-corrected chi connectivity index (χ4v) is 1.60. The molecular formula is C9H8ClFIN. The van der Waals surface area contributed by atoms with Gasteiger partial charge < -0.3 is 5.32 Å². The van der Waals surface area contributed by atoms with Crippen LogP contribution in [-0.2, 0) is 0 Å². The summed E-state index contributed by atoms with van der Waals surface area (Å²) in [4.78, 5) is 0. The van der Waals surface area contributed by atoms with Crippen LogP contribution in [0.1, 0.15) is 0 Å². The summed E-state index contributed by atoms with van der Waals surface area (Å²) in [5, 5.41) is 3.10. The molecule has 0 fully saturated rings. The monoisotopic (exact) mass is 311 g/mol. The summed E-state index contributed by atoms with van der Waals surface area (Å²) >= 11 is 7.43. The average Bonchev–Trinajstić information content (AvgIpc) is 2.09. The largest absolute Gasteiger partial charge is 0.381 e. The van der Waals surface area contributed by atoms with E-state index in [4.69, 9.17) is 11.6 Å². The summed E-state index contributed by atoms with van der Waals surface area (Å²) in [6.45, 7) is 0.644. The Bertz CT molecular complexity index is 314. The molecule has 0 aliphatic carbocycles. The van der Waals surface area contributed by atoms with Gasteiger partial charge >= 0.3 is 0 Å². The Morgan fingerprint density at radius 1 is 1.54 bits per heavy atom. The summed E-state index contributed by atoms with van der Waals surface area (Å²) in [5.74, 6) is -0.220. The Hall–Kier alpha value is -0.290. The number of hydrogen-bond acceptors (Lipinski definition) is 1. The Balaban J connectivity index is 2.66. The lowest BCUT2D eigenvalue weighted by Crippen LogP contribution is -1.99. The van der Waals surface area contributed by atoms with E-state index in [1.54, 1.807) is 12.1 Å². The fourth-order valence-electron chi connectivity index (χ4n) is 0.846. The van der Waals surface area contributed by atoms with Gasteiger partial charge in [0.25, 0.3) is 0 Å². The number of halogens is 3. The molecule has 0 atom stereocenters. The van der Waals surface area contributed by atoms with E-state index >= 15 is 0 Å². The molecule has 70 valence electrons. The van der Waals surface area contributed by atoms with Crippen LogP contribution < -0.4 is 5.32 Å². The molecule has 1 aromatic carbocycles. The molecular weight excluding hydrogens is 303 g/mol. The molecule has 0 saturated carbocycles. The normalized spacial score (nSPS) is 10.7. The first kappa shape index (κ1) is 10.8. The maximum Gasteiger partial charge on any atom is 0.124 e. The molecule has 0 aromatic heterocycles. The van der Waals surface area contributed by atoms with E-state index in [2.05, 4.69) is 27.9 Å². The topological polar surface area (TPSA) is 12.0 Å². The van der Waals surface area contributed by atoms with Gasteiger partial charge in [-0.1, -0.05) is 17.7 Å². The number of benzene rings is 1. The fraction of sp³-hybridized carbons (Fsp3) is 0.111. The van der Waals surface area contributed by atoms with E-state index in [0.29, 0.717) is 6.54 Å². The van der Waals surface area contributed by atoms with Crippen LogP contribution in [0, 0.1) is 9.39 Å². The summed E-state index contributed by atoms with van der Waals surface area (Å²) in [5.41, 5.74) is 2.36. The predicted molar refractivity (Wildman–Crippen MR) is 62.6 cm³/mol. The van der Waals surface area contributed by atoms with Crippen molar-refractivity contribution < 1.29 is 4.39 Å². The van der Waals surface area contributed by atoms with Crippen LogP contribution in [0.25, 0.3) is 0 Å². The first-order valence-electron chi connectivity index (χ1n) is 3.68. The number of nitrogens with one attached hydrogen (secondary N) is 1. The van der Waals surface area contributed by atoms with Crippen LogP contribution in [0.5, 0.6) is 0 Å². The molecule has 4 heteroatoms. The van der Waals surface area contributed by atoms with Crippen LogP contribution in [0.15, 0.2) is 29.8 Å². The zero-order chi connectivity index (χ0) is 9.68. The third kappa shape index (κ3) is 3.52. The van der Waals surface area contributed by atoms with Gasteiger partial charge in [0.05, 0.1) is 0 Å². The quantitative estimate of drug-likeness (QED) is 0.841. The van der Waals surface area contributed by atoms with E-state index in [1.807, 2.05) is 0 Å². The molecule has 1 rings (SSSR count). The Kier molecular flexibility index (Phi) is 4.52. The molecule has 0 spiro atoms. The van der Waals surface area contributed by atoms with Crippen molar-refractivity contribution in [2.45, 2.75) is 0 Å². The second kappa shape index (κ2) is 5.44. The van der Waals surface area contributed by atoms with E-state index in [9.17, 15) is 4.39 Å². The summed E-state index contributed by atoms with van der Waals surface area (Å²) < 4.78 is 13.5.